The molecular weight excluding hydrogens is 450 g/mol. The van der Waals surface area contributed by atoms with Gasteiger partial charge in [0.1, 0.15) is 12.2 Å². The fourth-order valence-electron chi connectivity index (χ4n) is 3.27. The normalized spacial score (nSPS) is 15.6. The van der Waals surface area contributed by atoms with Crippen LogP contribution in [0.25, 0.3) is 11.5 Å². The predicted octanol–water partition coefficient (Wildman–Crippen LogP) is 3.07. The summed E-state index contributed by atoms with van der Waals surface area (Å²) >= 11 is 0. The molecule has 182 valence electrons. The number of nitrogens with zero attached hydrogens (tertiary/aromatic N) is 3. The highest BCUT2D eigenvalue weighted by Crippen LogP contribution is 2.22. The van der Waals surface area contributed by atoms with Gasteiger partial charge in [-0.15, -0.1) is 0 Å². The lowest BCUT2D eigenvalue weighted by Gasteiger charge is -2.33. The predicted molar refractivity (Wildman–Crippen MR) is 119 cm³/mol. The van der Waals surface area contributed by atoms with Crippen molar-refractivity contribution in [2.45, 2.75) is 56.8 Å². The van der Waals surface area contributed by atoms with Crippen LogP contribution in [0.1, 0.15) is 39.4 Å². The molecule has 0 atom stereocenters. The van der Waals surface area contributed by atoms with E-state index in [1.54, 1.807) is 17.0 Å². The van der Waals surface area contributed by atoms with Gasteiger partial charge >= 0.3 is 6.09 Å². The maximum absolute atomic E-state index is 12.2. The number of methoxy groups -OCH3 is 1. The Morgan fingerprint density at radius 3 is 2.45 bits per heavy atom. The fourth-order valence-corrected chi connectivity index (χ4v) is 4.44. The van der Waals surface area contributed by atoms with Gasteiger partial charge in [-0.3, -0.25) is 0 Å². The third kappa shape index (κ3) is 7.24. The lowest BCUT2D eigenvalue weighted by molar-refractivity contribution is -0.0190. The van der Waals surface area contributed by atoms with E-state index in [-0.39, 0.29) is 42.0 Å². The molecule has 0 N–H and O–H groups in total. The molecule has 1 aliphatic heterocycles. The minimum absolute atomic E-state index is 0.0118. The Labute approximate surface area is 194 Å². The smallest absolute Gasteiger partial charge is 0.410 e. The van der Waals surface area contributed by atoms with Crippen molar-refractivity contribution in [3.63, 3.8) is 0 Å². The van der Waals surface area contributed by atoms with E-state index >= 15 is 0 Å². The number of benzene rings is 1. The van der Waals surface area contributed by atoms with Crippen LogP contribution in [0.5, 0.6) is 0 Å². The Hall–Kier alpha value is -2.50. The van der Waals surface area contributed by atoms with Crippen molar-refractivity contribution in [3.05, 3.63) is 30.1 Å². The third-order valence-corrected chi connectivity index (χ3v) is 6.72. The van der Waals surface area contributed by atoms with Crippen LogP contribution >= 0.6 is 0 Å². The van der Waals surface area contributed by atoms with E-state index in [0.717, 1.165) is 0 Å². The number of amides is 1. The monoisotopic (exact) mass is 481 g/mol. The Kier molecular flexibility index (Phi) is 8.09. The van der Waals surface area contributed by atoms with Crippen LogP contribution in [-0.2, 0) is 30.7 Å². The number of aromatic nitrogens is 2. The summed E-state index contributed by atoms with van der Waals surface area (Å²) in [6.07, 6.45) is 1.08. The molecule has 2 heterocycles. The van der Waals surface area contributed by atoms with Crippen LogP contribution in [-0.4, -0.2) is 73.8 Å². The van der Waals surface area contributed by atoms with Crippen LogP contribution in [0.4, 0.5) is 4.79 Å². The van der Waals surface area contributed by atoms with Crippen molar-refractivity contribution in [2.75, 3.05) is 32.6 Å². The first-order valence-corrected chi connectivity index (χ1v) is 12.5. The lowest BCUT2D eigenvalue weighted by atomic mass is 10.1. The maximum atomic E-state index is 12.2. The number of rotatable bonds is 8. The summed E-state index contributed by atoms with van der Waals surface area (Å²) in [7, 11) is -1.94. The number of carbonyl (C=O) groups is 1. The van der Waals surface area contributed by atoms with Gasteiger partial charge in [-0.25, -0.2) is 13.2 Å². The number of likely N-dealkylation sites (tertiary alicyclic amines) is 1. The van der Waals surface area contributed by atoms with Gasteiger partial charge in [0, 0.05) is 25.8 Å². The van der Waals surface area contributed by atoms with E-state index in [4.69, 9.17) is 18.7 Å². The summed E-state index contributed by atoms with van der Waals surface area (Å²) in [5.41, 5.74) is 0.101. The highest BCUT2D eigenvalue weighted by atomic mass is 32.2. The quantitative estimate of drug-likeness (QED) is 0.560. The second-order valence-electron chi connectivity index (χ2n) is 8.83. The molecule has 1 aromatic heterocycles. The molecule has 1 aromatic carbocycles. The van der Waals surface area contributed by atoms with E-state index in [1.807, 2.05) is 20.8 Å². The number of piperidine rings is 1. The highest BCUT2D eigenvalue weighted by molar-refractivity contribution is 7.91. The van der Waals surface area contributed by atoms with E-state index in [2.05, 4.69) is 10.1 Å². The zero-order chi connectivity index (χ0) is 24.1. The molecule has 1 fully saturated rings. The molecule has 0 saturated carbocycles. The molecule has 11 heteroatoms. The lowest BCUT2D eigenvalue weighted by Crippen LogP contribution is -2.43. The molecule has 1 aliphatic rings. The van der Waals surface area contributed by atoms with Crippen molar-refractivity contribution in [1.29, 1.82) is 0 Å². The molecule has 10 nitrogen and oxygen atoms in total. The van der Waals surface area contributed by atoms with Gasteiger partial charge in [-0.05, 0) is 57.9 Å². The molecule has 0 bridgehead atoms. The molecule has 3 rings (SSSR count). The van der Waals surface area contributed by atoms with Gasteiger partial charge in [-0.2, -0.15) is 4.98 Å². The van der Waals surface area contributed by atoms with Crippen molar-refractivity contribution in [2.24, 2.45) is 0 Å². The van der Waals surface area contributed by atoms with Gasteiger partial charge < -0.3 is 23.6 Å². The summed E-state index contributed by atoms with van der Waals surface area (Å²) in [6, 6.07) is 6.28. The first-order valence-electron chi connectivity index (χ1n) is 10.8. The average molecular weight is 482 g/mol. The molecule has 0 aliphatic carbocycles. The second kappa shape index (κ2) is 10.6. The third-order valence-electron chi connectivity index (χ3n) is 5.03. The standard InChI is InChI=1S/C22H31N3O7S/c1-22(2,3)31-21(26)25-11-9-17(10-12-25)30-15-19-23-20(32-24-19)16-5-7-18(8-6-16)33(27,28)14-13-29-4/h5-8,17H,9-15H2,1-4H3. The van der Waals surface area contributed by atoms with Gasteiger partial charge in [0.2, 0.25) is 0 Å². The molecule has 0 spiro atoms. The van der Waals surface area contributed by atoms with Crippen molar-refractivity contribution >= 4 is 15.9 Å². The van der Waals surface area contributed by atoms with Crippen LogP contribution in [0.2, 0.25) is 0 Å². The number of hydrogen-bond donors (Lipinski definition) is 0. The van der Waals surface area contributed by atoms with E-state index < -0.39 is 15.4 Å². The first-order chi connectivity index (χ1) is 15.6. The molecule has 2 aromatic rings. The number of carbonyl (C=O) groups excluding carboxylic acids is 1. The van der Waals surface area contributed by atoms with Gasteiger partial charge in [0.15, 0.2) is 15.7 Å². The topological polar surface area (TPSA) is 121 Å². The molecule has 1 saturated heterocycles. The number of hydrogen-bond acceptors (Lipinski definition) is 9. The summed E-state index contributed by atoms with van der Waals surface area (Å²) in [6.45, 7) is 6.99. The maximum Gasteiger partial charge on any atom is 0.410 e. The van der Waals surface area contributed by atoms with Crippen LogP contribution in [0.15, 0.2) is 33.7 Å². The number of ether oxygens (including phenoxy) is 3. The summed E-state index contributed by atoms with van der Waals surface area (Å²) < 4.78 is 45.9. The zero-order valence-electron chi connectivity index (χ0n) is 19.4. The second-order valence-corrected chi connectivity index (χ2v) is 10.9. The van der Waals surface area contributed by atoms with E-state index in [9.17, 15) is 13.2 Å². The molecule has 0 unspecified atom stereocenters. The van der Waals surface area contributed by atoms with Gasteiger partial charge in [0.05, 0.1) is 23.4 Å². The van der Waals surface area contributed by atoms with Gasteiger partial charge in [0.25, 0.3) is 5.89 Å². The van der Waals surface area contributed by atoms with Crippen molar-refractivity contribution < 1.29 is 31.9 Å². The Morgan fingerprint density at radius 2 is 1.85 bits per heavy atom. The SMILES string of the molecule is COCCS(=O)(=O)c1ccc(-c2nc(COC3CCN(C(=O)OC(C)(C)C)CC3)no2)cc1. The molecule has 0 radical (unpaired) electrons. The fraction of sp³-hybridized carbons (Fsp3) is 0.591. The summed E-state index contributed by atoms with van der Waals surface area (Å²) in [4.78, 5) is 18.4. The van der Waals surface area contributed by atoms with Crippen molar-refractivity contribution in [3.8, 4) is 11.5 Å². The average Bonchev–Trinajstić information content (AvgIpc) is 3.25. The summed E-state index contributed by atoms with van der Waals surface area (Å²) in [5, 5.41) is 3.94. The molecule has 1 amide bonds. The van der Waals surface area contributed by atoms with Crippen molar-refractivity contribution in [1.82, 2.24) is 15.0 Å². The van der Waals surface area contributed by atoms with E-state index in [1.165, 1.54) is 19.2 Å². The number of sulfone groups is 1. The highest BCUT2D eigenvalue weighted by Gasteiger charge is 2.27. The molecular formula is C22H31N3O7S. The minimum atomic E-state index is -3.40. The minimum Gasteiger partial charge on any atom is -0.444 e. The van der Waals surface area contributed by atoms with Crippen LogP contribution in [0, 0.1) is 0 Å². The summed E-state index contributed by atoms with van der Waals surface area (Å²) in [5.74, 6) is 0.604. The Bertz CT molecular complexity index is 1020. The first kappa shape index (κ1) is 25.1. The van der Waals surface area contributed by atoms with Gasteiger partial charge in [-0.1, -0.05) is 5.16 Å². The Balaban J connectivity index is 1.49. The van der Waals surface area contributed by atoms with Crippen LogP contribution in [0.3, 0.4) is 0 Å². The zero-order valence-corrected chi connectivity index (χ0v) is 20.3. The van der Waals surface area contributed by atoms with E-state index in [0.29, 0.717) is 37.3 Å². The largest absolute Gasteiger partial charge is 0.444 e. The molecule has 33 heavy (non-hydrogen) atoms. The Morgan fingerprint density at radius 1 is 1.18 bits per heavy atom. The van der Waals surface area contributed by atoms with Crippen LogP contribution < -0.4 is 0 Å².